The van der Waals surface area contributed by atoms with Crippen LogP contribution in [0.3, 0.4) is 0 Å². The van der Waals surface area contributed by atoms with Crippen molar-refractivity contribution in [3.05, 3.63) is 92.4 Å². The van der Waals surface area contributed by atoms with Crippen molar-refractivity contribution in [3.63, 3.8) is 0 Å². The Labute approximate surface area is 263 Å². The molecule has 3 rings (SSSR count). The lowest BCUT2D eigenvalue weighted by Crippen LogP contribution is -2.53. The van der Waals surface area contributed by atoms with Gasteiger partial charge in [-0.2, -0.15) is 0 Å². The number of anilines is 1. The molecule has 1 N–H and O–H groups in total. The average Bonchev–Trinajstić information content (AvgIpc) is 2.93. The summed E-state index contributed by atoms with van der Waals surface area (Å²) in [6, 6.07) is 15.2. The first-order valence-electron chi connectivity index (χ1n) is 13.7. The van der Waals surface area contributed by atoms with Crippen LogP contribution in [0.4, 0.5) is 5.69 Å². The molecule has 0 heterocycles. The molecule has 2 atom stereocenters. The molecule has 0 fully saturated rings. The summed E-state index contributed by atoms with van der Waals surface area (Å²) in [4.78, 5) is 29.0. The Morgan fingerprint density at radius 1 is 0.881 bits per heavy atom. The second-order valence-electron chi connectivity index (χ2n) is 10.3. The highest BCUT2D eigenvalue weighted by Gasteiger charge is 2.34. The molecule has 226 valence electrons. The zero-order chi connectivity index (χ0) is 31.2. The standard InChI is InChI=1S/C31H36Cl3N3O4S/c1-6-22(5)35-31(39)28(7-2)36(18-23-10-14-26(33)27(34)17-23)30(38)19-37(29-15-11-24(32)16-21(29)4)42(40,41)25-12-8-20(3)9-13-25/h8-17,22,28H,6-7,18-19H2,1-5H3,(H,35,39)/t22-,28-/m0/s1. The monoisotopic (exact) mass is 651 g/mol. The van der Waals surface area contributed by atoms with Gasteiger partial charge in [-0.1, -0.05) is 72.4 Å². The lowest BCUT2D eigenvalue weighted by Gasteiger charge is -2.34. The van der Waals surface area contributed by atoms with Gasteiger partial charge in [0.15, 0.2) is 0 Å². The molecule has 0 radical (unpaired) electrons. The fourth-order valence-corrected chi connectivity index (χ4v) is 6.47. The van der Waals surface area contributed by atoms with E-state index in [0.29, 0.717) is 44.7 Å². The minimum atomic E-state index is -4.19. The molecule has 0 bridgehead atoms. The van der Waals surface area contributed by atoms with Crippen molar-refractivity contribution in [2.45, 2.75) is 71.0 Å². The molecule has 0 unspecified atom stereocenters. The second kappa shape index (κ2) is 14.6. The number of sulfonamides is 1. The zero-order valence-corrected chi connectivity index (χ0v) is 27.4. The molecule has 0 saturated heterocycles. The normalized spacial score (nSPS) is 12.9. The summed E-state index contributed by atoms with van der Waals surface area (Å²) < 4.78 is 29.2. The van der Waals surface area contributed by atoms with Crippen LogP contribution in [0.1, 0.15) is 50.3 Å². The molecule has 0 aliphatic rings. The van der Waals surface area contributed by atoms with Crippen LogP contribution in [0.25, 0.3) is 0 Å². The molecule has 0 spiro atoms. The summed E-state index contributed by atoms with van der Waals surface area (Å²) in [6.07, 6.45) is 1.02. The molecule has 0 aromatic heterocycles. The lowest BCUT2D eigenvalue weighted by atomic mass is 10.1. The average molecular weight is 653 g/mol. The van der Waals surface area contributed by atoms with Crippen LogP contribution in [-0.2, 0) is 26.2 Å². The lowest BCUT2D eigenvalue weighted by molar-refractivity contribution is -0.140. The van der Waals surface area contributed by atoms with Crippen molar-refractivity contribution in [2.75, 3.05) is 10.8 Å². The van der Waals surface area contributed by atoms with Gasteiger partial charge in [0.25, 0.3) is 10.0 Å². The SMILES string of the molecule is CC[C@H](C)NC(=O)[C@H](CC)N(Cc1ccc(Cl)c(Cl)c1)C(=O)CN(c1ccc(Cl)cc1C)S(=O)(=O)c1ccc(C)cc1. The van der Waals surface area contributed by atoms with E-state index in [1.807, 2.05) is 20.8 Å². The van der Waals surface area contributed by atoms with E-state index in [9.17, 15) is 18.0 Å². The topological polar surface area (TPSA) is 86.8 Å². The summed E-state index contributed by atoms with van der Waals surface area (Å²) in [5, 5.41) is 4.05. The minimum Gasteiger partial charge on any atom is -0.352 e. The highest BCUT2D eigenvalue weighted by Crippen LogP contribution is 2.30. The number of rotatable bonds is 12. The fourth-order valence-electron chi connectivity index (χ4n) is 4.44. The van der Waals surface area contributed by atoms with Crippen LogP contribution in [0.15, 0.2) is 65.6 Å². The second-order valence-corrected chi connectivity index (χ2v) is 13.4. The first-order chi connectivity index (χ1) is 19.8. The van der Waals surface area contributed by atoms with Gasteiger partial charge >= 0.3 is 0 Å². The molecule has 7 nitrogen and oxygen atoms in total. The number of aryl methyl sites for hydroxylation is 2. The predicted octanol–water partition coefficient (Wildman–Crippen LogP) is 7.18. The number of benzene rings is 3. The van der Waals surface area contributed by atoms with Gasteiger partial charge in [-0.25, -0.2) is 8.42 Å². The van der Waals surface area contributed by atoms with Gasteiger partial charge in [0.2, 0.25) is 11.8 Å². The molecule has 0 aliphatic carbocycles. The Bertz CT molecular complexity index is 1530. The molecule has 3 aromatic carbocycles. The maximum atomic E-state index is 14.2. The van der Waals surface area contributed by atoms with Gasteiger partial charge in [0.1, 0.15) is 12.6 Å². The quantitative estimate of drug-likeness (QED) is 0.225. The first-order valence-corrected chi connectivity index (χ1v) is 16.2. The zero-order valence-electron chi connectivity index (χ0n) is 24.3. The summed E-state index contributed by atoms with van der Waals surface area (Å²) in [5.74, 6) is -0.881. The van der Waals surface area contributed by atoms with Crippen molar-refractivity contribution in [2.24, 2.45) is 0 Å². The van der Waals surface area contributed by atoms with Gasteiger partial charge in [-0.15, -0.1) is 0 Å². The van der Waals surface area contributed by atoms with Crippen LogP contribution < -0.4 is 9.62 Å². The molecular formula is C31H36Cl3N3O4S. The Hall–Kier alpha value is -2.78. The molecule has 3 aromatic rings. The van der Waals surface area contributed by atoms with Crippen molar-refractivity contribution < 1.29 is 18.0 Å². The molecule has 0 aliphatic heterocycles. The Balaban J connectivity index is 2.11. The van der Waals surface area contributed by atoms with E-state index < -0.39 is 28.5 Å². The van der Waals surface area contributed by atoms with Gasteiger partial charge < -0.3 is 10.2 Å². The number of amides is 2. The minimum absolute atomic E-state index is 0.0141. The van der Waals surface area contributed by atoms with Crippen LogP contribution >= 0.6 is 34.8 Å². The van der Waals surface area contributed by atoms with E-state index in [1.165, 1.54) is 17.0 Å². The van der Waals surface area contributed by atoms with E-state index in [1.54, 1.807) is 62.4 Å². The van der Waals surface area contributed by atoms with Crippen LogP contribution in [0, 0.1) is 13.8 Å². The van der Waals surface area contributed by atoms with Crippen LogP contribution in [0.5, 0.6) is 0 Å². The predicted molar refractivity (Wildman–Crippen MR) is 171 cm³/mol. The van der Waals surface area contributed by atoms with Gasteiger partial charge in [-0.3, -0.25) is 13.9 Å². The Morgan fingerprint density at radius 2 is 1.55 bits per heavy atom. The molecule has 2 amide bonds. The molecular weight excluding hydrogens is 617 g/mol. The molecule has 42 heavy (non-hydrogen) atoms. The fraction of sp³-hybridized carbons (Fsp3) is 0.355. The summed E-state index contributed by atoms with van der Waals surface area (Å²) >= 11 is 18.6. The van der Waals surface area contributed by atoms with E-state index >= 15 is 0 Å². The van der Waals surface area contributed by atoms with Crippen LogP contribution in [-0.4, -0.2) is 43.8 Å². The van der Waals surface area contributed by atoms with Gasteiger partial charge in [0.05, 0.1) is 20.6 Å². The summed E-state index contributed by atoms with van der Waals surface area (Å²) in [7, 11) is -4.19. The molecule has 11 heteroatoms. The number of halogens is 3. The van der Waals surface area contributed by atoms with E-state index in [2.05, 4.69) is 5.32 Å². The van der Waals surface area contributed by atoms with E-state index in [0.717, 1.165) is 9.87 Å². The van der Waals surface area contributed by atoms with E-state index in [4.69, 9.17) is 34.8 Å². The van der Waals surface area contributed by atoms with Crippen molar-refractivity contribution in [1.29, 1.82) is 0 Å². The van der Waals surface area contributed by atoms with Crippen molar-refractivity contribution in [3.8, 4) is 0 Å². The summed E-state index contributed by atoms with van der Waals surface area (Å²) in [6.45, 7) is 8.69. The number of carbonyl (C=O) groups excluding carboxylic acids is 2. The van der Waals surface area contributed by atoms with Crippen molar-refractivity contribution in [1.82, 2.24) is 10.2 Å². The van der Waals surface area contributed by atoms with E-state index in [-0.39, 0.29) is 23.4 Å². The van der Waals surface area contributed by atoms with Gasteiger partial charge in [-0.05, 0) is 87.2 Å². The maximum Gasteiger partial charge on any atom is 0.264 e. The number of nitrogens with zero attached hydrogens (tertiary/aromatic N) is 2. The van der Waals surface area contributed by atoms with Crippen molar-refractivity contribution >= 4 is 62.3 Å². The molecule has 0 saturated carbocycles. The number of carbonyl (C=O) groups is 2. The number of hydrogen-bond acceptors (Lipinski definition) is 4. The maximum absolute atomic E-state index is 14.2. The number of hydrogen-bond donors (Lipinski definition) is 1. The smallest absolute Gasteiger partial charge is 0.264 e. The van der Waals surface area contributed by atoms with Crippen LogP contribution in [0.2, 0.25) is 15.1 Å². The Morgan fingerprint density at radius 3 is 2.12 bits per heavy atom. The third-order valence-corrected chi connectivity index (χ3v) is 9.79. The van der Waals surface area contributed by atoms with Gasteiger partial charge in [0, 0.05) is 17.6 Å². The highest BCUT2D eigenvalue weighted by atomic mass is 35.5. The third kappa shape index (κ3) is 8.19. The summed E-state index contributed by atoms with van der Waals surface area (Å²) in [5.41, 5.74) is 2.41. The highest BCUT2D eigenvalue weighted by molar-refractivity contribution is 7.92. The number of nitrogens with one attached hydrogen (secondary N) is 1. The third-order valence-electron chi connectivity index (χ3n) is 7.04. The first kappa shape index (κ1) is 33.7. The Kier molecular flexibility index (Phi) is 11.7. The largest absolute Gasteiger partial charge is 0.352 e.